The molecule has 2 aromatic rings. The van der Waals surface area contributed by atoms with Crippen LogP contribution >= 0.6 is 0 Å². The normalized spacial score (nSPS) is 13.6. The predicted octanol–water partition coefficient (Wildman–Crippen LogP) is 1.60. The molecule has 0 radical (unpaired) electrons. The van der Waals surface area contributed by atoms with Crippen molar-refractivity contribution in [2.75, 3.05) is 6.61 Å². The van der Waals surface area contributed by atoms with Crippen molar-refractivity contribution in [1.29, 1.82) is 0 Å². The molecule has 5 nitrogen and oxygen atoms in total. The maximum Gasteiger partial charge on any atom is 0.320 e. The standard InChI is InChI=1S/C16H20N2O3/c1-10(9-19)5-6-11-3-2-4-14-15(11)12(8-18-14)7-13(17)16(20)21/h2-5,8,13,18-19H,6-7,9,17H2,1H3,(H,20,21)/b10-5+/t13-/m0/s1. The minimum Gasteiger partial charge on any atom is -0.480 e. The van der Waals surface area contributed by atoms with Crippen molar-refractivity contribution >= 4 is 16.9 Å². The number of aromatic nitrogens is 1. The highest BCUT2D eigenvalue weighted by Crippen LogP contribution is 2.24. The molecule has 5 N–H and O–H groups in total. The number of aromatic amines is 1. The number of H-pyrrole nitrogens is 1. The first-order valence-electron chi connectivity index (χ1n) is 6.85. The first-order chi connectivity index (χ1) is 10.0. The quantitative estimate of drug-likeness (QED) is 0.607. The Labute approximate surface area is 123 Å². The van der Waals surface area contributed by atoms with Crippen molar-refractivity contribution in [3.05, 3.63) is 47.2 Å². The van der Waals surface area contributed by atoms with E-state index in [0.717, 1.165) is 27.6 Å². The van der Waals surface area contributed by atoms with Gasteiger partial charge in [0.2, 0.25) is 0 Å². The third-order valence-electron chi connectivity index (χ3n) is 3.55. The Kier molecular flexibility index (Phi) is 4.77. The Morgan fingerprint density at radius 1 is 1.43 bits per heavy atom. The molecule has 0 aliphatic heterocycles. The number of hydrogen-bond donors (Lipinski definition) is 4. The van der Waals surface area contributed by atoms with Crippen LogP contribution < -0.4 is 5.73 Å². The Bertz CT molecular complexity index is 673. The lowest BCUT2D eigenvalue weighted by Crippen LogP contribution is -2.32. The predicted molar refractivity (Wildman–Crippen MR) is 82.2 cm³/mol. The van der Waals surface area contributed by atoms with Gasteiger partial charge in [0.1, 0.15) is 6.04 Å². The fraction of sp³-hybridized carbons (Fsp3) is 0.312. The second kappa shape index (κ2) is 6.56. The summed E-state index contributed by atoms with van der Waals surface area (Å²) in [5.41, 5.74) is 9.51. The molecule has 0 aliphatic rings. The molecule has 2 rings (SSSR count). The van der Waals surface area contributed by atoms with Gasteiger partial charge in [-0.15, -0.1) is 0 Å². The fourth-order valence-corrected chi connectivity index (χ4v) is 2.34. The molecular weight excluding hydrogens is 268 g/mol. The van der Waals surface area contributed by atoms with Gasteiger partial charge in [-0.2, -0.15) is 0 Å². The van der Waals surface area contributed by atoms with Crippen LogP contribution in [-0.4, -0.2) is 33.8 Å². The first kappa shape index (κ1) is 15.3. The molecule has 1 heterocycles. The van der Waals surface area contributed by atoms with Crippen molar-refractivity contribution in [2.24, 2.45) is 5.73 Å². The number of benzene rings is 1. The molecule has 1 aromatic carbocycles. The average molecular weight is 288 g/mol. The number of nitrogens with two attached hydrogens (primary N) is 1. The van der Waals surface area contributed by atoms with Gasteiger partial charge in [0.05, 0.1) is 6.61 Å². The summed E-state index contributed by atoms with van der Waals surface area (Å²) in [6.45, 7) is 1.92. The third-order valence-corrected chi connectivity index (χ3v) is 3.55. The van der Waals surface area contributed by atoms with E-state index in [0.29, 0.717) is 6.42 Å². The average Bonchev–Trinajstić information content (AvgIpc) is 2.88. The van der Waals surface area contributed by atoms with Gasteiger partial charge in [-0.3, -0.25) is 4.79 Å². The van der Waals surface area contributed by atoms with Crippen LogP contribution in [0.1, 0.15) is 18.1 Å². The minimum absolute atomic E-state index is 0.0415. The van der Waals surface area contributed by atoms with Crippen molar-refractivity contribution in [3.63, 3.8) is 0 Å². The van der Waals surface area contributed by atoms with Crippen LogP contribution in [0.5, 0.6) is 0 Å². The number of carboxylic acid groups (broad SMARTS) is 1. The molecule has 0 bridgehead atoms. The lowest BCUT2D eigenvalue weighted by atomic mass is 9.99. The van der Waals surface area contributed by atoms with E-state index in [4.69, 9.17) is 15.9 Å². The summed E-state index contributed by atoms with van der Waals surface area (Å²) in [4.78, 5) is 14.1. The van der Waals surface area contributed by atoms with Crippen molar-refractivity contribution in [2.45, 2.75) is 25.8 Å². The summed E-state index contributed by atoms with van der Waals surface area (Å²) in [6, 6.07) is 5.01. The number of aliphatic hydroxyl groups excluding tert-OH is 1. The highest BCUT2D eigenvalue weighted by atomic mass is 16.4. The van der Waals surface area contributed by atoms with Gasteiger partial charge >= 0.3 is 5.97 Å². The van der Waals surface area contributed by atoms with E-state index in [1.165, 1.54) is 0 Å². The number of rotatable bonds is 6. The van der Waals surface area contributed by atoms with Crippen LogP contribution in [0.3, 0.4) is 0 Å². The largest absolute Gasteiger partial charge is 0.480 e. The zero-order chi connectivity index (χ0) is 15.4. The molecule has 21 heavy (non-hydrogen) atoms. The molecule has 0 saturated carbocycles. The first-order valence-corrected chi connectivity index (χ1v) is 6.85. The molecule has 1 aromatic heterocycles. The Morgan fingerprint density at radius 2 is 2.19 bits per heavy atom. The summed E-state index contributed by atoms with van der Waals surface area (Å²) in [7, 11) is 0. The van der Waals surface area contributed by atoms with Crippen LogP contribution in [0, 0.1) is 0 Å². The van der Waals surface area contributed by atoms with Crippen LogP contribution in [0.15, 0.2) is 36.0 Å². The van der Waals surface area contributed by atoms with E-state index in [9.17, 15) is 4.79 Å². The van der Waals surface area contributed by atoms with E-state index in [1.807, 2.05) is 37.4 Å². The topological polar surface area (TPSA) is 99.3 Å². The van der Waals surface area contributed by atoms with Crippen LogP contribution in [0.4, 0.5) is 0 Å². The number of aliphatic carboxylic acids is 1. The highest BCUT2D eigenvalue weighted by Gasteiger charge is 2.16. The molecule has 0 saturated heterocycles. The van der Waals surface area contributed by atoms with Crippen molar-refractivity contribution in [3.8, 4) is 0 Å². The van der Waals surface area contributed by atoms with E-state index < -0.39 is 12.0 Å². The Hall–Kier alpha value is -2.11. The summed E-state index contributed by atoms with van der Waals surface area (Å²) in [5.74, 6) is -1.00. The van der Waals surface area contributed by atoms with Gasteiger partial charge in [0.15, 0.2) is 0 Å². The van der Waals surface area contributed by atoms with E-state index in [1.54, 1.807) is 0 Å². The molecule has 0 amide bonds. The van der Waals surface area contributed by atoms with E-state index >= 15 is 0 Å². The highest BCUT2D eigenvalue weighted by molar-refractivity contribution is 5.87. The van der Waals surface area contributed by atoms with Gasteiger partial charge in [-0.05, 0) is 30.5 Å². The number of fused-ring (bicyclic) bond motifs is 1. The maximum absolute atomic E-state index is 10.9. The zero-order valence-corrected chi connectivity index (χ0v) is 12.0. The number of carboxylic acids is 1. The second-order valence-corrected chi connectivity index (χ2v) is 5.22. The molecule has 0 spiro atoms. The zero-order valence-electron chi connectivity index (χ0n) is 12.0. The number of aliphatic hydroxyl groups is 1. The van der Waals surface area contributed by atoms with Crippen LogP contribution in [-0.2, 0) is 17.6 Å². The minimum atomic E-state index is -1.00. The molecular formula is C16H20N2O3. The van der Waals surface area contributed by atoms with E-state index in [2.05, 4.69) is 4.98 Å². The van der Waals surface area contributed by atoms with Gasteiger partial charge in [0, 0.05) is 23.5 Å². The lowest BCUT2D eigenvalue weighted by Gasteiger charge is -2.08. The summed E-state index contributed by atoms with van der Waals surface area (Å²) in [6.07, 6.45) is 4.77. The molecule has 112 valence electrons. The third kappa shape index (κ3) is 3.51. The SMILES string of the molecule is C/C(=C\Cc1cccc2[nH]cc(C[C@H](N)C(=O)O)c12)CO. The number of nitrogens with one attached hydrogen (secondary N) is 1. The van der Waals surface area contributed by atoms with Gasteiger partial charge in [-0.25, -0.2) is 0 Å². The Morgan fingerprint density at radius 3 is 2.86 bits per heavy atom. The molecule has 0 fully saturated rings. The Balaban J connectivity index is 2.37. The smallest absolute Gasteiger partial charge is 0.320 e. The lowest BCUT2D eigenvalue weighted by molar-refractivity contribution is -0.138. The number of carbonyl (C=O) groups is 1. The summed E-state index contributed by atoms with van der Waals surface area (Å²) < 4.78 is 0. The number of hydrogen-bond acceptors (Lipinski definition) is 3. The maximum atomic E-state index is 10.9. The molecule has 0 unspecified atom stereocenters. The monoisotopic (exact) mass is 288 g/mol. The molecule has 0 aliphatic carbocycles. The van der Waals surface area contributed by atoms with E-state index in [-0.39, 0.29) is 13.0 Å². The van der Waals surface area contributed by atoms with Crippen LogP contribution in [0.2, 0.25) is 0 Å². The van der Waals surface area contributed by atoms with Crippen molar-refractivity contribution < 1.29 is 15.0 Å². The van der Waals surface area contributed by atoms with Crippen LogP contribution in [0.25, 0.3) is 10.9 Å². The second-order valence-electron chi connectivity index (χ2n) is 5.22. The number of allylic oxidation sites excluding steroid dienone is 1. The van der Waals surface area contributed by atoms with Gasteiger partial charge in [-0.1, -0.05) is 23.8 Å². The molecule has 5 heteroatoms. The van der Waals surface area contributed by atoms with Gasteiger partial charge in [0.25, 0.3) is 0 Å². The summed E-state index contributed by atoms with van der Waals surface area (Å²) in [5, 5.41) is 19.0. The van der Waals surface area contributed by atoms with Gasteiger partial charge < -0.3 is 20.9 Å². The molecule has 1 atom stereocenters. The summed E-state index contributed by atoms with van der Waals surface area (Å²) >= 11 is 0. The van der Waals surface area contributed by atoms with Crippen molar-refractivity contribution in [1.82, 2.24) is 4.98 Å². The fourth-order valence-electron chi connectivity index (χ4n) is 2.34.